The number of nitrogens with one attached hydrogen (secondary N) is 1. The van der Waals surface area contributed by atoms with Crippen molar-refractivity contribution in [3.8, 4) is 0 Å². The molecule has 0 fully saturated rings. The monoisotopic (exact) mass is 282 g/mol. The van der Waals surface area contributed by atoms with Crippen LogP contribution in [0, 0.1) is 6.92 Å². The fourth-order valence-electron chi connectivity index (χ4n) is 2.32. The molecule has 0 unspecified atom stereocenters. The maximum Gasteiger partial charge on any atom is 0.176 e. The van der Waals surface area contributed by atoms with Crippen molar-refractivity contribution in [1.82, 2.24) is 5.43 Å². The van der Waals surface area contributed by atoms with E-state index in [2.05, 4.69) is 67.8 Å². The molecule has 110 valence electrons. The number of benzene rings is 2. The Hall–Kier alpha value is -2.13. The minimum absolute atomic E-state index is 0.643. The highest BCUT2D eigenvalue weighted by Crippen LogP contribution is 2.10. The van der Waals surface area contributed by atoms with Crippen LogP contribution in [0.2, 0.25) is 0 Å². The first kappa shape index (κ1) is 15.3. The lowest BCUT2D eigenvalue weighted by molar-refractivity contribution is -0.936. The molecule has 3 heteroatoms. The maximum absolute atomic E-state index is 4.39. The van der Waals surface area contributed by atoms with E-state index in [-0.39, 0.29) is 0 Å². The van der Waals surface area contributed by atoms with Crippen LogP contribution in [-0.4, -0.2) is 31.6 Å². The molecule has 2 rings (SSSR count). The Morgan fingerprint density at radius 2 is 1.62 bits per heavy atom. The maximum atomic E-state index is 4.39. The largest absolute Gasteiger partial charge is 0.267 e. The minimum Gasteiger partial charge on any atom is -0.267 e. The quantitative estimate of drug-likeness (QED) is 0.396. The molecule has 21 heavy (non-hydrogen) atoms. The van der Waals surface area contributed by atoms with E-state index in [1.54, 1.807) is 0 Å². The second kappa shape index (κ2) is 6.55. The lowest BCUT2D eigenvalue weighted by Gasteiger charge is -2.30. The summed E-state index contributed by atoms with van der Waals surface area (Å²) in [4.78, 5) is 4.39. The van der Waals surface area contributed by atoms with Crippen molar-refractivity contribution in [3.05, 3.63) is 71.3 Å². The van der Waals surface area contributed by atoms with E-state index in [4.69, 9.17) is 0 Å². The Bertz CT molecular complexity index is 598. The van der Waals surface area contributed by atoms with Gasteiger partial charge in [-0.25, -0.2) is 10.0 Å². The molecular formula is C18H24N3+. The average molecular weight is 282 g/mol. The number of rotatable bonds is 4. The first-order valence-electron chi connectivity index (χ1n) is 7.19. The first-order valence-corrected chi connectivity index (χ1v) is 7.19. The second-order valence-corrected chi connectivity index (χ2v) is 5.88. The fraction of sp³-hybridized carbons (Fsp3) is 0.278. The van der Waals surface area contributed by atoms with Gasteiger partial charge in [0.15, 0.2) is 5.84 Å². The highest BCUT2D eigenvalue weighted by atomic mass is 15.6. The van der Waals surface area contributed by atoms with Crippen molar-refractivity contribution in [2.75, 3.05) is 21.1 Å². The number of amidine groups is 1. The minimum atomic E-state index is 0.643. The summed E-state index contributed by atoms with van der Waals surface area (Å²) >= 11 is 0. The smallest absolute Gasteiger partial charge is 0.176 e. The molecule has 0 spiro atoms. The van der Waals surface area contributed by atoms with E-state index in [0.29, 0.717) is 4.59 Å². The molecule has 2 aromatic rings. The average Bonchev–Trinajstić information content (AvgIpc) is 2.48. The van der Waals surface area contributed by atoms with Crippen molar-refractivity contribution in [2.24, 2.45) is 4.99 Å². The number of hydrogen-bond acceptors (Lipinski definition) is 1. The summed E-state index contributed by atoms with van der Waals surface area (Å²) in [5.41, 5.74) is 7.21. The molecule has 0 amide bonds. The van der Waals surface area contributed by atoms with Crippen LogP contribution in [-0.2, 0) is 6.54 Å². The van der Waals surface area contributed by atoms with Gasteiger partial charge in [-0.15, -0.1) is 0 Å². The molecule has 1 N–H and O–H groups in total. The molecule has 0 aliphatic heterocycles. The number of aliphatic imine (C=N–C) groups is 1. The molecule has 3 nitrogen and oxygen atoms in total. The summed E-state index contributed by atoms with van der Waals surface area (Å²) in [6.07, 6.45) is 0. The van der Waals surface area contributed by atoms with Gasteiger partial charge in [0.2, 0.25) is 0 Å². The molecule has 0 radical (unpaired) electrons. The van der Waals surface area contributed by atoms with Gasteiger partial charge in [-0.1, -0.05) is 60.2 Å². The zero-order valence-electron chi connectivity index (χ0n) is 13.3. The van der Waals surface area contributed by atoms with E-state index >= 15 is 0 Å². The van der Waals surface area contributed by atoms with Crippen molar-refractivity contribution in [3.63, 3.8) is 0 Å². The van der Waals surface area contributed by atoms with Crippen LogP contribution in [0.1, 0.15) is 16.7 Å². The molecule has 2 aromatic carbocycles. The molecule has 0 atom stereocenters. The van der Waals surface area contributed by atoms with Crippen LogP contribution in [0.25, 0.3) is 0 Å². The number of hydrogen-bond donors (Lipinski definition) is 1. The topological polar surface area (TPSA) is 24.4 Å². The summed E-state index contributed by atoms with van der Waals surface area (Å²) in [6.45, 7) is 3.01. The van der Waals surface area contributed by atoms with Crippen LogP contribution < -0.4 is 5.43 Å². The van der Waals surface area contributed by atoms with Gasteiger partial charge in [0.05, 0.1) is 14.1 Å². The molecule has 0 aromatic heterocycles. The van der Waals surface area contributed by atoms with Gasteiger partial charge >= 0.3 is 0 Å². The van der Waals surface area contributed by atoms with Crippen molar-refractivity contribution in [1.29, 1.82) is 0 Å². The fourth-order valence-corrected chi connectivity index (χ4v) is 2.32. The summed E-state index contributed by atoms with van der Waals surface area (Å²) in [5, 5.41) is 0. The van der Waals surface area contributed by atoms with Crippen molar-refractivity contribution in [2.45, 2.75) is 13.5 Å². The van der Waals surface area contributed by atoms with Crippen LogP contribution >= 0.6 is 0 Å². The van der Waals surface area contributed by atoms with Crippen LogP contribution in [0.15, 0.2) is 59.6 Å². The highest BCUT2D eigenvalue weighted by molar-refractivity contribution is 5.97. The van der Waals surface area contributed by atoms with Gasteiger partial charge in [0.25, 0.3) is 0 Å². The Kier molecular flexibility index (Phi) is 4.76. The third-order valence-corrected chi connectivity index (χ3v) is 3.38. The molecule has 0 saturated carbocycles. The summed E-state index contributed by atoms with van der Waals surface area (Å²) in [5.74, 6) is 0.910. The van der Waals surface area contributed by atoms with Crippen LogP contribution in [0.3, 0.4) is 0 Å². The number of aryl methyl sites for hydroxylation is 1. The standard InChI is InChI=1S/C18H24N3/c1-15-10-12-16(13-11-15)14-21(3,4)20-18(19-2)17-8-6-5-7-9-17/h5-13H,14H2,1-4H3,(H,19,20)/q+1. The first-order chi connectivity index (χ1) is 10.00. The van der Waals surface area contributed by atoms with E-state index in [9.17, 15) is 0 Å². The van der Waals surface area contributed by atoms with Gasteiger partial charge in [0, 0.05) is 18.2 Å². The van der Waals surface area contributed by atoms with Crippen molar-refractivity contribution < 1.29 is 4.59 Å². The third kappa shape index (κ3) is 4.43. The van der Waals surface area contributed by atoms with Gasteiger partial charge in [-0.05, 0) is 6.92 Å². The molecule has 0 bridgehead atoms. The van der Waals surface area contributed by atoms with E-state index in [1.165, 1.54) is 11.1 Å². The SMILES string of the molecule is CN=C(N[N+](C)(C)Cc1ccc(C)cc1)c1ccccc1. The molecular weight excluding hydrogens is 258 g/mol. The number of quaternary nitrogens is 1. The summed E-state index contributed by atoms with van der Waals surface area (Å²) < 4.78 is 0.643. The zero-order valence-corrected chi connectivity index (χ0v) is 13.3. The normalized spacial score (nSPS) is 12.3. The van der Waals surface area contributed by atoms with Gasteiger partial charge in [0.1, 0.15) is 6.54 Å². The van der Waals surface area contributed by atoms with E-state index in [1.807, 2.05) is 25.2 Å². The van der Waals surface area contributed by atoms with Crippen LogP contribution in [0.5, 0.6) is 0 Å². The second-order valence-electron chi connectivity index (χ2n) is 5.88. The molecule has 0 aliphatic carbocycles. The van der Waals surface area contributed by atoms with E-state index < -0.39 is 0 Å². The molecule has 0 heterocycles. The highest BCUT2D eigenvalue weighted by Gasteiger charge is 2.19. The summed E-state index contributed by atoms with van der Waals surface area (Å²) in [6, 6.07) is 18.9. The zero-order chi connectivity index (χ0) is 15.3. The van der Waals surface area contributed by atoms with Crippen molar-refractivity contribution >= 4 is 5.84 Å². The Morgan fingerprint density at radius 1 is 1.00 bits per heavy atom. The van der Waals surface area contributed by atoms with Gasteiger partial charge < -0.3 is 0 Å². The Morgan fingerprint density at radius 3 is 2.19 bits per heavy atom. The Labute approximate surface area is 127 Å². The van der Waals surface area contributed by atoms with E-state index in [0.717, 1.165) is 17.9 Å². The van der Waals surface area contributed by atoms with Crippen LogP contribution in [0.4, 0.5) is 0 Å². The third-order valence-electron chi connectivity index (χ3n) is 3.38. The predicted molar refractivity (Wildman–Crippen MR) is 89.0 cm³/mol. The van der Waals surface area contributed by atoms with Gasteiger partial charge in [-0.2, -0.15) is 0 Å². The number of nitrogens with zero attached hydrogens (tertiary/aromatic N) is 2. The molecule has 0 saturated heterocycles. The van der Waals surface area contributed by atoms with Gasteiger partial charge in [-0.3, -0.25) is 4.99 Å². The predicted octanol–water partition coefficient (Wildman–Crippen LogP) is 3.15. The lowest BCUT2D eigenvalue weighted by Crippen LogP contribution is -2.53. The summed E-state index contributed by atoms with van der Waals surface area (Å²) in [7, 11) is 6.11. The lowest BCUT2D eigenvalue weighted by atomic mass is 10.1. The Balaban J connectivity index is 2.10. The molecule has 0 aliphatic rings.